The van der Waals surface area contributed by atoms with E-state index in [9.17, 15) is 28.8 Å². The molecule has 0 N–H and O–H groups in total. The number of methoxy groups -OCH3 is 1. The molecule has 1 aromatic carbocycles. The number of esters is 1. The van der Waals surface area contributed by atoms with E-state index in [0.717, 1.165) is 15.9 Å². The fraction of sp³-hybridized carbons (Fsp3) is 0.500. The van der Waals surface area contributed by atoms with Crippen LogP contribution < -0.4 is 16.0 Å². The molecule has 42 heavy (non-hydrogen) atoms. The molecular weight excluding hydrogens is 565 g/mol. The number of fused-ring (bicyclic) bond motifs is 1. The Kier molecular flexibility index (Phi) is 10.5. The molecule has 10 nitrogen and oxygen atoms in total. The molecule has 0 aliphatic rings. The lowest BCUT2D eigenvalue weighted by Crippen LogP contribution is -2.52. The van der Waals surface area contributed by atoms with Crippen molar-refractivity contribution in [2.75, 3.05) is 20.3 Å². The summed E-state index contributed by atoms with van der Waals surface area (Å²) < 4.78 is 33.4. The first-order chi connectivity index (χ1) is 19.8. The molecule has 0 aliphatic carbocycles. The van der Waals surface area contributed by atoms with Crippen molar-refractivity contribution in [1.82, 2.24) is 9.13 Å². The zero-order valence-corrected chi connectivity index (χ0v) is 25.7. The lowest BCUT2D eigenvalue weighted by Gasteiger charge is -2.28. The smallest absolute Gasteiger partial charge is 0.348 e. The number of ketones is 1. The molecule has 0 saturated heterocycles. The Morgan fingerprint density at radius 2 is 1.90 bits per heavy atom. The molecule has 0 spiro atoms. The number of ether oxygens (including phenoxy) is 3. The molecule has 0 amide bonds. The molecule has 3 rings (SSSR count). The third kappa shape index (κ3) is 6.32. The Hall–Kier alpha value is -3.82. The number of hydrogen-bond acceptors (Lipinski definition) is 9. The highest BCUT2D eigenvalue weighted by Gasteiger charge is 2.35. The van der Waals surface area contributed by atoms with Crippen LogP contribution in [0.2, 0.25) is 0 Å². The Balaban J connectivity index is 2.40. The Morgan fingerprint density at radius 1 is 1.21 bits per heavy atom. The number of aromatic nitrogens is 2. The zero-order chi connectivity index (χ0) is 31.4. The number of rotatable bonds is 13. The molecule has 0 radical (unpaired) electrons. The van der Waals surface area contributed by atoms with Crippen LogP contribution in [0.25, 0.3) is 10.2 Å². The fourth-order valence-corrected chi connectivity index (χ4v) is 5.91. The predicted octanol–water partition coefficient (Wildman–Crippen LogP) is 4.88. The van der Waals surface area contributed by atoms with Crippen LogP contribution in [-0.4, -0.2) is 41.2 Å². The fourth-order valence-electron chi connectivity index (χ4n) is 4.71. The number of Topliss-reactive ketones (excluding diaryl/α,β-unsaturated/α-hetero) is 1. The van der Waals surface area contributed by atoms with E-state index in [1.54, 1.807) is 20.8 Å². The van der Waals surface area contributed by atoms with E-state index in [2.05, 4.69) is 6.07 Å². The number of hydrogen-bond donors (Lipinski definition) is 0. The highest BCUT2D eigenvalue weighted by molar-refractivity contribution is 7.20. The van der Waals surface area contributed by atoms with E-state index in [1.165, 1.54) is 43.7 Å². The van der Waals surface area contributed by atoms with Gasteiger partial charge in [-0.25, -0.2) is 18.5 Å². The van der Waals surface area contributed by atoms with Gasteiger partial charge < -0.3 is 14.2 Å². The summed E-state index contributed by atoms with van der Waals surface area (Å²) in [5.74, 6) is -1.77. The molecule has 2 atom stereocenters. The molecule has 226 valence electrons. The first kappa shape index (κ1) is 32.7. The van der Waals surface area contributed by atoms with Gasteiger partial charge in [0.2, 0.25) is 0 Å². The molecule has 3 aromatic rings. The lowest BCUT2D eigenvalue weighted by atomic mass is 9.95. The van der Waals surface area contributed by atoms with E-state index >= 15 is 0 Å². The second kappa shape index (κ2) is 13.4. The molecule has 0 unspecified atom stereocenters. The number of carbonyl (C=O) groups excluding carboxylic acids is 2. The van der Waals surface area contributed by atoms with E-state index in [1.807, 2.05) is 6.92 Å². The molecule has 2 heterocycles. The Bertz CT molecular complexity index is 1650. The second-order valence-electron chi connectivity index (χ2n) is 10.5. The molecule has 0 aliphatic heterocycles. The lowest BCUT2D eigenvalue weighted by molar-refractivity contribution is -0.126. The normalized spacial score (nSPS) is 13.0. The zero-order valence-electron chi connectivity index (χ0n) is 24.9. The summed E-state index contributed by atoms with van der Waals surface area (Å²) in [4.78, 5) is 54.5. The number of halogens is 1. The van der Waals surface area contributed by atoms with Gasteiger partial charge in [0.1, 0.15) is 32.9 Å². The van der Waals surface area contributed by atoms with Crippen LogP contribution in [0.1, 0.15) is 74.4 Å². The van der Waals surface area contributed by atoms with Crippen LogP contribution in [0, 0.1) is 30.0 Å². The summed E-state index contributed by atoms with van der Waals surface area (Å²) in [6, 6.07) is 5.95. The van der Waals surface area contributed by atoms with Crippen molar-refractivity contribution in [2.45, 2.75) is 72.6 Å². The van der Waals surface area contributed by atoms with Crippen LogP contribution >= 0.6 is 11.3 Å². The van der Waals surface area contributed by atoms with Crippen molar-refractivity contribution in [3.8, 4) is 11.8 Å². The van der Waals surface area contributed by atoms with E-state index in [0.29, 0.717) is 12.0 Å². The van der Waals surface area contributed by atoms with Gasteiger partial charge in [-0.3, -0.25) is 14.2 Å². The Labute approximate surface area is 247 Å². The van der Waals surface area contributed by atoms with E-state index < -0.39 is 40.6 Å². The minimum absolute atomic E-state index is 0.0452. The summed E-state index contributed by atoms with van der Waals surface area (Å²) in [6.07, 6.45) is -0.350. The highest BCUT2D eigenvalue weighted by atomic mass is 32.1. The van der Waals surface area contributed by atoms with Gasteiger partial charge >= 0.3 is 11.7 Å². The standard InChI is InChI=1S/C30H36FN3O7S/c1-8-10-23(35)30(5,6)34-26(36)24-18(4)25(28(37)40-9-2)42-27(24)33(29(34)38)15-22(41-16-17(3)14-32)20-13-19(31)11-12-21(20)39-7/h11-13,17,22H,8-10,15-16H2,1-7H3/t17-,22+/m1/s1. The van der Waals surface area contributed by atoms with Crippen LogP contribution in [-0.2, 0) is 26.4 Å². The molecule has 12 heteroatoms. The summed E-state index contributed by atoms with van der Waals surface area (Å²) in [5.41, 5.74) is -2.42. The van der Waals surface area contributed by atoms with Gasteiger partial charge in [0.15, 0.2) is 5.78 Å². The highest BCUT2D eigenvalue weighted by Crippen LogP contribution is 2.34. The quantitative estimate of drug-likeness (QED) is 0.254. The molecular formula is C30H36FN3O7S. The number of carbonyl (C=O) groups is 2. The molecule has 0 fully saturated rings. The maximum absolute atomic E-state index is 14.5. The second-order valence-corrected chi connectivity index (χ2v) is 11.5. The summed E-state index contributed by atoms with van der Waals surface area (Å²) in [7, 11) is 1.41. The van der Waals surface area contributed by atoms with Crippen LogP contribution in [0.15, 0.2) is 27.8 Å². The number of thiophene rings is 1. The van der Waals surface area contributed by atoms with Crippen molar-refractivity contribution in [1.29, 1.82) is 5.26 Å². The molecule has 2 aromatic heterocycles. The van der Waals surface area contributed by atoms with Crippen LogP contribution in [0.5, 0.6) is 5.75 Å². The summed E-state index contributed by atoms with van der Waals surface area (Å²) in [6.45, 7) is 9.56. The van der Waals surface area contributed by atoms with Gasteiger partial charge in [-0.1, -0.05) is 6.92 Å². The minimum atomic E-state index is -1.51. The average Bonchev–Trinajstić information content (AvgIpc) is 3.29. The SMILES string of the molecule is CCCC(=O)C(C)(C)n1c(=O)c2c(C)c(C(=O)OCC)sc2n(C[C@H](OC[C@H](C)C#N)c2cc(F)ccc2OC)c1=O. The minimum Gasteiger partial charge on any atom is -0.496 e. The van der Waals surface area contributed by atoms with Crippen molar-refractivity contribution >= 4 is 33.3 Å². The van der Waals surface area contributed by atoms with Gasteiger partial charge in [-0.2, -0.15) is 5.26 Å². The summed E-state index contributed by atoms with van der Waals surface area (Å²) in [5, 5.41) is 9.43. The number of aryl methyl sites for hydroxylation is 1. The molecule has 0 bridgehead atoms. The first-order valence-corrected chi connectivity index (χ1v) is 14.5. The number of nitriles is 1. The van der Waals surface area contributed by atoms with Gasteiger partial charge in [-0.05, 0) is 64.8 Å². The Morgan fingerprint density at radius 3 is 2.50 bits per heavy atom. The van der Waals surface area contributed by atoms with Gasteiger partial charge in [0, 0.05) is 12.0 Å². The van der Waals surface area contributed by atoms with Crippen LogP contribution in [0.3, 0.4) is 0 Å². The van der Waals surface area contributed by atoms with E-state index in [-0.39, 0.29) is 58.4 Å². The monoisotopic (exact) mass is 601 g/mol. The van der Waals surface area contributed by atoms with Crippen molar-refractivity contribution < 1.29 is 28.2 Å². The van der Waals surface area contributed by atoms with Crippen LogP contribution in [0.4, 0.5) is 4.39 Å². The third-order valence-electron chi connectivity index (χ3n) is 7.05. The maximum Gasteiger partial charge on any atom is 0.348 e. The van der Waals surface area contributed by atoms with Crippen molar-refractivity contribution in [3.63, 3.8) is 0 Å². The third-order valence-corrected chi connectivity index (χ3v) is 8.34. The molecule has 0 saturated carbocycles. The maximum atomic E-state index is 14.5. The largest absolute Gasteiger partial charge is 0.496 e. The van der Waals surface area contributed by atoms with Gasteiger partial charge in [0.05, 0.1) is 44.2 Å². The van der Waals surface area contributed by atoms with E-state index in [4.69, 9.17) is 14.2 Å². The summed E-state index contributed by atoms with van der Waals surface area (Å²) >= 11 is 0.921. The number of benzene rings is 1. The van der Waals surface area contributed by atoms with Crippen molar-refractivity contribution in [2.24, 2.45) is 5.92 Å². The van der Waals surface area contributed by atoms with Crippen molar-refractivity contribution in [3.05, 3.63) is 60.9 Å². The predicted molar refractivity (Wildman–Crippen MR) is 157 cm³/mol. The number of nitrogens with zero attached hydrogens (tertiary/aromatic N) is 3. The van der Waals surface area contributed by atoms with Gasteiger partial charge in [0.25, 0.3) is 5.56 Å². The first-order valence-electron chi connectivity index (χ1n) is 13.7. The van der Waals surface area contributed by atoms with Gasteiger partial charge in [-0.15, -0.1) is 11.3 Å². The topological polar surface area (TPSA) is 130 Å². The average molecular weight is 602 g/mol.